The summed E-state index contributed by atoms with van der Waals surface area (Å²) < 4.78 is 0. The Morgan fingerprint density at radius 2 is 1.71 bits per heavy atom. The predicted octanol–water partition coefficient (Wildman–Crippen LogP) is 3.05. The minimum absolute atomic E-state index is 0.0698. The maximum absolute atomic E-state index is 9.22. The van der Waals surface area contributed by atoms with Crippen molar-refractivity contribution in [2.45, 2.75) is 78.0 Å². The van der Waals surface area contributed by atoms with Crippen LogP contribution >= 0.6 is 0 Å². The molecule has 0 fully saturated rings. The van der Waals surface area contributed by atoms with Crippen molar-refractivity contribution < 1.29 is 5.11 Å². The van der Waals surface area contributed by atoms with E-state index in [4.69, 9.17) is 0 Å². The zero-order valence-corrected chi connectivity index (χ0v) is 10.3. The van der Waals surface area contributed by atoms with Gasteiger partial charge in [-0.25, -0.2) is 0 Å². The highest BCUT2D eigenvalue weighted by Gasteiger charge is 2.17. The van der Waals surface area contributed by atoms with Crippen molar-refractivity contribution >= 4 is 0 Å². The molecule has 0 radical (unpaired) electrons. The second-order valence-electron chi connectivity index (χ2n) is 4.87. The van der Waals surface area contributed by atoms with E-state index < -0.39 is 6.23 Å². The fourth-order valence-corrected chi connectivity index (χ4v) is 1.81. The van der Waals surface area contributed by atoms with E-state index >= 15 is 0 Å². The second-order valence-corrected chi connectivity index (χ2v) is 4.87. The number of hydrogen-bond donors (Lipinski definition) is 2. The first-order valence-corrected chi connectivity index (χ1v) is 5.93. The third-order valence-corrected chi connectivity index (χ3v) is 2.50. The third kappa shape index (κ3) is 8.52. The highest BCUT2D eigenvalue weighted by molar-refractivity contribution is 4.77. The average molecular weight is 201 g/mol. The molecule has 0 rings (SSSR count). The molecule has 0 aliphatic carbocycles. The smallest absolute Gasteiger partial charge is 0.102 e. The summed E-state index contributed by atoms with van der Waals surface area (Å²) in [6.07, 6.45) is 7.31. The van der Waals surface area contributed by atoms with E-state index in [9.17, 15) is 5.11 Å². The molecule has 2 nitrogen and oxygen atoms in total. The van der Waals surface area contributed by atoms with Crippen molar-refractivity contribution in [2.24, 2.45) is 0 Å². The van der Waals surface area contributed by atoms with Crippen LogP contribution in [0.3, 0.4) is 0 Å². The van der Waals surface area contributed by atoms with Gasteiger partial charge in [0.2, 0.25) is 0 Å². The van der Waals surface area contributed by atoms with Gasteiger partial charge in [0.05, 0.1) is 0 Å². The molecule has 0 amide bonds. The Kier molecular flexibility index (Phi) is 7.20. The molecule has 0 heterocycles. The van der Waals surface area contributed by atoms with E-state index in [1.165, 1.54) is 32.1 Å². The van der Waals surface area contributed by atoms with Crippen LogP contribution in [0.15, 0.2) is 0 Å². The lowest BCUT2D eigenvalue weighted by molar-refractivity contribution is 0.113. The highest BCUT2D eigenvalue weighted by Crippen LogP contribution is 2.15. The Bertz CT molecular complexity index is 132. The molecule has 0 aromatic carbocycles. The molecule has 0 aromatic heterocycles. The molecule has 0 bridgehead atoms. The van der Waals surface area contributed by atoms with Crippen molar-refractivity contribution in [3.8, 4) is 0 Å². The summed E-state index contributed by atoms with van der Waals surface area (Å²) in [6.45, 7) is 8.32. The molecule has 0 aliphatic heterocycles. The highest BCUT2D eigenvalue weighted by atomic mass is 16.3. The molecule has 2 N–H and O–H groups in total. The second kappa shape index (κ2) is 7.24. The van der Waals surface area contributed by atoms with Crippen LogP contribution in [0.2, 0.25) is 0 Å². The van der Waals surface area contributed by atoms with Gasteiger partial charge < -0.3 is 5.11 Å². The molecule has 0 saturated heterocycles. The maximum Gasteiger partial charge on any atom is 0.102 e. The number of aliphatic hydroxyl groups is 1. The average Bonchev–Trinajstić information content (AvgIpc) is 2.01. The van der Waals surface area contributed by atoms with Crippen molar-refractivity contribution in [1.29, 1.82) is 0 Å². The number of aliphatic hydroxyl groups excluding tert-OH is 1. The van der Waals surface area contributed by atoms with Crippen LogP contribution in [0.25, 0.3) is 0 Å². The van der Waals surface area contributed by atoms with Crippen LogP contribution in [0, 0.1) is 0 Å². The lowest BCUT2D eigenvalue weighted by Gasteiger charge is -2.28. The molecule has 1 unspecified atom stereocenters. The van der Waals surface area contributed by atoms with Gasteiger partial charge in [-0.1, -0.05) is 39.0 Å². The zero-order chi connectivity index (χ0) is 11.0. The van der Waals surface area contributed by atoms with Gasteiger partial charge in [0.1, 0.15) is 6.23 Å². The van der Waals surface area contributed by atoms with Gasteiger partial charge in [0.15, 0.2) is 0 Å². The van der Waals surface area contributed by atoms with Crippen molar-refractivity contribution in [3.63, 3.8) is 0 Å². The summed E-state index contributed by atoms with van der Waals surface area (Å²) in [4.78, 5) is 0. The number of rotatable bonds is 8. The molecule has 1 atom stereocenters. The summed E-state index contributed by atoms with van der Waals surface area (Å²) in [6, 6.07) is 0. The van der Waals surface area contributed by atoms with Crippen molar-refractivity contribution in [1.82, 2.24) is 5.32 Å². The summed E-state index contributed by atoms with van der Waals surface area (Å²) in [5.41, 5.74) is 0.0698. The monoisotopic (exact) mass is 201 g/mol. The summed E-state index contributed by atoms with van der Waals surface area (Å²) in [7, 11) is 0. The summed E-state index contributed by atoms with van der Waals surface area (Å²) in [5, 5.41) is 12.4. The minimum atomic E-state index is -0.402. The van der Waals surface area contributed by atoms with Crippen molar-refractivity contribution in [3.05, 3.63) is 0 Å². The van der Waals surface area contributed by atoms with Gasteiger partial charge in [-0.2, -0.15) is 0 Å². The number of hydrogen-bond acceptors (Lipinski definition) is 2. The quantitative estimate of drug-likeness (QED) is 0.467. The van der Waals surface area contributed by atoms with Crippen LogP contribution in [-0.2, 0) is 0 Å². The third-order valence-electron chi connectivity index (χ3n) is 2.50. The molecular formula is C12H27NO. The molecule has 14 heavy (non-hydrogen) atoms. The standard InChI is InChI=1S/C12H27NO/c1-5-6-7-8-9-10-12(3,4)13-11(2)14/h11,13-14H,5-10H2,1-4H3. The molecular weight excluding hydrogens is 174 g/mol. The Labute approximate surface area is 89.1 Å². The SMILES string of the molecule is CCCCCCCC(C)(C)NC(C)O. The van der Waals surface area contributed by atoms with Gasteiger partial charge in [-0.3, -0.25) is 5.32 Å². The first-order valence-electron chi connectivity index (χ1n) is 5.93. The fraction of sp³-hybridized carbons (Fsp3) is 1.00. The Hall–Kier alpha value is -0.0800. The fourth-order valence-electron chi connectivity index (χ4n) is 1.81. The van der Waals surface area contributed by atoms with E-state index in [0.29, 0.717) is 0 Å². The van der Waals surface area contributed by atoms with Crippen LogP contribution < -0.4 is 5.32 Å². The number of unbranched alkanes of at least 4 members (excludes halogenated alkanes) is 4. The topological polar surface area (TPSA) is 32.3 Å². The van der Waals surface area contributed by atoms with Crippen LogP contribution in [0.5, 0.6) is 0 Å². The van der Waals surface area contributed by atoms with Gasteiger partial charge in [0.25, 0.3) is 0 Å². The van der Waals surface area contributed by atoms with Crippen LogP contribution in [-0.4, -0.2) is 16.9 Å². The first-order chi connectivity index (χ1) is 6.48. The van der Waals surface area contributed by atoms with E-state index in [1.54, 1.807) is 6.92 Å². The first kappa shape index (κ1) is 13.9. The Morgan fingerprint density at radius 3 is 2.21 bits per heavy atom. The molecule has 0 aromatic rings. The normalized spacial score (nSPS) is 14.4. The maximum atomic E-state index is 9.22. The van der Waals surface area contributed by atoms with Crippen molar-refractivity contribution in [2.75, 3.05) is 0 Å². The lowest BCUT2D eigenvalue weighted by atomic mass is 9.96. The van der Waals surface area contributed by atoms with E-state index in [0.717, 1.165) is 6.42 Å². The molecule has 86 valence electrons. The van der Waals surface area contributed by atoms with Gasteiger partial charge in [-0.05, 0) is 27.2 Å². The van der Waals surface area contributed by atoms with E-state index in [2.05, 4.69) is 26.1 Å². The van der Waals surface area contributed by atoms with E-state index in [1.807, 2.05) is 0 Å². The molecule has 0 saturated carbocycles. The van der Waals surface area contributed by atoms with E-state index in [-0.39, 0.29) is 5.54 Å². The summed E-state index contributed by atoms with van der Waals surface area (Å²) in [5.74, 6) is 0. The lowest BCUT2D eigenvalue weighted by Crippen LogP contribution is -2.44. The minimum Gasteiger partial charge on any atom is -0.379 e. The molecule has 2 heteroatoms. The number of nitrogens with one attached hydrogen (secondary N) is 1. The van der Waals surface area contributed by atoms with Crippen LogP contribution in [0.4, 0.5) is 0 Å². The molecule has 0 spiro atoms. The molecule has 0 aliphatic rings. The van der Waals surface area contributed by atoms with Crippen LogP contribution in [0.1, 0.15) is 66.2 Å². The van der Waals surface area contributed by atoms with Gasteiger partial charge in [0, 0.05) is 5.54 Å². The largest absolute Gasteiger partial charge is 0.379 e. The summed E-state index contributed by atoms with van der Waals surface area (Å²) >= 11 is 0. The predicted molar refractivity (Wildman–Crippen MR) is 62.3 cm³/mol. The zero-order valence-electron chi connectivity index (χ0n) is 10.3. The Morgan fingerprint density at radius 1 is 1.14 bits per heavy atom. The Balaban J connectivity index is 3.45. The van der Waals surface area contributed by atoms with Gasteiger partial charge >= 0.3 is 0 Å². The van der Waals surface area contributed by atoms with Gasteiger partial charge in [-0.15, -0.1) is 0 Å².